The molecule has 2 unspecified atom stereocenters. The zero-order valence-corrected chi connectivity index (χ0v) is 9.89. The van der Waals surface area contributed by atoms with E-state index in [2.05, 4.69) is 0 Å². The van der Waals surface area contributed by atoms with Gasteiger partial charge in [0.15, 0.2) is 0 Å². The topological polar surface area (TPSA) is 77.4 Å². The van der Waals surface area contributed by atoms with Crippen LogP contribution in [-0.2, 0) is 19.0 Å². The van der Waals surface area contributed by atoms with Crippen molar-refractivity contribution in [3.05, 3.63) is 11.6 Å². The third-order valence-electron chi connectivity index (χ3n) is 2.74. The molecule has 96 valence electrons. The highest BCUT2D eigenvalue weighted by Crippen LogP contribution is 2.18. The number of hydrogen-bond donors (Lipinski definition) is 1. The Hall–Kier alpha value is -0.910. The smallest absolute Gasteiger partial charge is 0.333 e. The van der Waals surface area contributed by atoms with Gasteiger partial charge in [-0.25, -0.2) is 4.79 Å². The third-order valence-corrected chi connectivity index (χ3v) is 2.74. The predicted octanol–water partition coefficient (Wildman–Crippen LogP) is 0.383. The first-order valence-electron chi connectivity index (χ1n) is 6.09. The molecule has 0 saturated carbocycles. The second-order valence-corrected chi connectivity index (χ2v) is 4.37. The molecular formula is C12H19NO4. The maximum absolute atomic E-state index is 11.8. The lowest BCUT2D eigenvalue weighted by molar-refractivity contribution is -0.139. The number of nitrogens with two attached hydrogens (primary N) is 1. The Balaban J connectivity index is 1.77. The lowest BCUT2D eigenvalue weighted by Crippen LogP contribution is -2.13. The molecule has 2 saturated heterocycles. The quantitative estimate of drug-likeness (QED) is 0.378. The summed E-state index contributed by atoms with van der Waals surface area (Å²) >= 11 is 0. The van der Waals surface area contributed by atoms with E-state index in [0.717, 1.165) is 19.4 Å². The Kier molecular flexibility index (Phi) is 4.53. The number of carbonyl (C=O) groups excluding carboxylic acids is 1. The molecule has 2 N–H and O–H groups in total. The van der Waals surface area contributed by atoms with E-state index in [1.54, 1.807) is 0 Å². The van der Waals surface area contributed by atoms with E-state index in [1.165, 1.54) is 0 Å². The predicted molar refractivity (Wildman–Crippen MR) is 61.4 cm³/mol. The zero-order valence-electron chi connectivity index (χ0n) is 9.89. The Bertz CT molecular complexity index is 295. The van der Waals surface area contributed by atoms with Crippen molar-refractivity contribution in [3.63, 3.8) is 0 Å². The second kappa shape index (κ2) is 6.14. The molecule has 5 nitrogen and oxygen atoms in total. The Morgan fingerprint density at radius 3 is 2.65 bits per heavy atom. The third kappa shape index (κ3) is 4.85. The molecule has 0 aliphatic carbocycles. The van der Waals surface area contributed by atoms with Gasteiger partial charge in [-0.15, -0.1) is 0 Å². The molecule has 0 bridgehead atoms. The maximum Gasteiger partial charge on any atom is 0.333 e. The van der Waals surface area contributed by atoms with Crippen LogP contribution < -0.4 is 5.73 Å². The van der Waals surface area contributed by atoms with Gasteiger partial charge in [-0.3, -0.25) is 0 Å². The highest BCUT2D eigenvalue weighted by molar-refractivity contribution is 5.88. The van der Waals surface area contributed by atoms with Gasteiger partial charge in [0.1, 0.15) is 12.7 Å². The summed E-state index contributed by atoms with van der Waals surface area (Å²) in [4.78, 5) is 11.8. The average molecular weight is 241 g/mol. The van der Waals surface area contributed by atoms with Crippen LogP contribution in [0, 0.1) is 0 Å². The van der Waals surface area contributed by atoms with Crippen molar-refractivity contribution in [3.8, 4) is 0 Å². The Labute approximate surface area is 101 Å². The van der Waals surface area contributed by atoms with Crippen molar-refractivity contribution in [2.75, 3.05) is 26.4 Å². The van der Waals surface area contributed by atoms with Crippen LogP contribution in [0.3, 0.4) is 0 Å². The van der Waals surface area contributed by atoms with Gasteiger partial charge in [0.2, 0.25) is 0 Å². The number of rotatable bonds is 8. The fraction of sp³-hybridized carbons (Fsp3) is 0.750. The van der Waals surface area contributed by atoms with Crippen LogP contribution in [0.15, 0.2) is 11.6 Å². The lowest BCUT2D eigenvalue weighted by atomic mass is 10.1. The lowest BCUT2D eigenvalue weighted by Gasteiger charge is -2.06. The van der Waals surface area contributed by atoms with Crippen molar-refractivity contribution in [2.45, 2.75) is 31.5 Å². The van der Waals surface area contributed by atoms with Crippen molar-refractivity contribution in [1.82, 2.24) is 0 Å². The Morgan fingerprint density at radius 2 is 2.06 bits per heavy atom. The van der Waals surface area contributed by atoms with Crippen LogP contribution in [-0.4, -0.2) is 44.5 Å². The molecule has 0 amide bonds. The molecule has 2 atom stereocenters. The minimum Gasteiger partial charge on any atom is -0.459 e. The molecule has 5 heteroatoms. The average Bonchev–Trinajstić information content (AvgIpc) is 3.19. The minimum atomic E-state index is -0.241. The van der Waals surface area contributed by atoms with Gasteiger partial charge in [-0.1, -0.05) is 6.08 Å². The van der Waals surface area contributed by atoms with Gasteiger partial charge >= 0.3 is 5.97 Å². The normalized spacial score (nSPS) is 26.8. The van der Waals surface area contributed by atoms with Crippen molar-refractivity contribution in [2.24, 2.45) is 5.73 Å². The number of epoxide rings is 2. The summed E-state index contributed by atoms with van der Waals surface area (Å²) < 4.78 is 15.3. The molecule has 0 aromatic heterocycles. The number of carbonyl (C=O) groups is 1. The van der Waals surface area contributed by atoms with Crippen LogP contribution >= 0.6 is 0 Å². The molecule has 2 aliphatic rings. The molecule has 17 heavy (non-hydrogen) atoms. The zero-order chi connectivity index (χ0) is 12.1. The molecule has 2 heterocycles. The number of ether oxygens (including phenoxy) is 3. The number of hydrogen-bond acceptors (Lipinski definition) is 5. The van der Waals surface area contributed by atoms with Crippen molar-refractivity contribution < 1.29 is 19.0 Å². The summed E-state index contributed by atoms with van der Waals surface area (Å²) in [6, 6.07) is 0. The molecule has 0 aromatic rings. The summed E-state index contributed by atoms with van der Waals surface area (Å²) in [5.41, 5.74) is 6.17. The summed E-state index contributed by atoms with van der Waals surface area (Å²) in [5.74, 6) is -0.241. The van der Waals surface area contributed by atoms with Gasteiger partial charge in [0.25, 0.3) is 0 Å². The molecule has 0 aromatic carbocycles. The van der Waals surface area contributed by atoms with Crippen LogP contribution in [0.25, 0.3) is 0 Å². The first-order valence-corrected chi connectivity index (χ1v) is 6.09. The highest BCUT2D eigenvalue weighted by atomic mass is 16.6. The molecule has 0 spiro atoms. The van der Waals surface area contributed by atoms with Crippen LogP contribution in [0.1, 0.15) is 19.3 Å². The summed E-state index contributed by atoms with van der Waals surface area (Å²) in [5, 5.41) is 0. The molecule has 2 rings (SSSR count). The number of esters is 1. The van der Waals surface area contributed by atoms with Gasteiger partial charge in [0.05, 0.1) is 19.3 Å². The fourth-order valence-corrected chi connectivity index (χ4v) is 1.48. The fourth-order valence-electron chi connectivity index (χ4n) is 1.48. The van der Waals surface area contributed by atoms with Gasteiger partial charge in [-0.2, -0.15) is 0 Å². The monoisotopic (exact) mass is 241 g/mol. The molecular weight excluding hydrogens is 222 g/mol. The summed E-state index contributed by atoms with van der Waals surface area (Å²) in [7, 11) is 0. The Morgan fingerprint density at radius 1 is 1.35 bits per heavy atom. The van der Waals surface area contributed by atoms with Crippen LogP contribution in [0.4, 0.5) is 0 Å². The van der Waals surface area contributed by atoms with E-state index in [0.29, 0.717) is 37.9 Å². The first-order chi connectivity index (χ1) is 8.29. The SMILES string of the molecule is NCCCC(=CCC1CO1)C(=O)OCC1CO1. The van der Waals surface area contributed by atoms with Crippen molar-refractivity contribution in [1.29, 1.82) is 0 Å². The summed E-state index contributed by atoms with van der Waals surface area (Å²) in [6.45, 7) is 2.44. The van der Waals surface area contributed by atoms with Gasteiger partial charge in [-0.05, 0) is 25.8 Å². The standard InChI is InChI=1S/C12H19NO4/c13-5-1-2-9(3-4-10-6-15-10)12(14)17-8-11-7-16-11/h3,10-11H,1-2,4-8,13H2. The molecule has 2 aliphatic heterocycles. The van der Waals surface area contributed by atoms with E-state index in [1.807, 2.05) is 6.08 Å². The molecule has 2 fully saturated rings. The largest absolute Gasteiger partial charge is 0.459 e. The van der Waals surface area contributed by atoms with E-state index in [4.69, 9.17) is 19.9 Å². The van der Waals surface area contributed by atoms with E-state index < -0.39 is 0 Å². The highest BCUT2D eigenvalue weighted by Gasteiger charge is 2.25. The maximum atomic E-state index is 11.8. The van der Waals surface area contributed by atoms with Gasteiger partial charge < -0.3 is 19.9 Å². The van der Waals surface area contributed by atoms with Gasteiger partial charge in [0, 0.05) is 5.57 Å². The van der Waals surface area contributed by atoms with E-state index in [-0.39, 0.29) is 12.1 Å². The van der Waals surface area contributed by atoms with Crippen molar-refractivity contribution >= 4 is 5.97 Å². The first kappa shape index (κ1) is 12.5. The molecule has 0 radical (unpaired) electrons. The van der Waals surface area contributed by atoms with Crippen LogP contribution in [0.2, 0.25) is 0 Å². The van der Waals surface area contributed by atoms with E-state index in [9.17, 15) is 4.79 Å². The summed E-state index contributed by atoms with van der Waals surface area (Å²) in [6.07, 6.45) is 4.59. The van der Waals surface area contributed by atoms with Crippen LogP contribution in [0.5, 0.6) is 0 Å². The van der Waals surface area contributed by atoms with E-state index >= 15 is 0 Å². The second-order valence-electron chi connectivity index (χ2n) is 4.37. The minimum absolute atomic E-state index is 0.112.